The van der Waals surface area contributed by atoms with Gasteiger partial charge < -0.3 is 15.1 Å². The first-order valence-corrected chi connectivity index (χ1v) is 12.3. The van der Waals surface area contributed by atoms with E-state index in [0.29, 0.717) is 17.9 Å². The van der Waals surface area contributed by atoms with Gasteiger partial charge in [-0.1, -0.05) is 54.2 Å². The van der Waals surface area contributed by atoms with Gasteiger partial charge in [0.15, 0.2) is 5.16 Å². The molecule has 6 nitrogen and oxygen atoms in total. The third kappa shape index (κ3) is 7.30. The zero-order valence-corrected chi connectivity index (χ0v) is 20.7. The molecule has 7 heteroatoms. The summed E-state index contributed by atoms with van der Waals surface area (Å²) in [5, 5.41) is 3.71. The van der Waals surface area contributed by atoms with Crippen molar-refractivity contribution in [3.8, 4) is 11.3 Å². The first kappa shape index (κ1) is 24.7. The van der Waals surface area contributed by atoms with Crippen molar-refractivity contribution in [1.82, 2.24) is 20.2 Å². The van der Waals surface area contributed by atoms with Crippen LogP contribution in [0.1, 0.15) is 29.8 Å². The lowest BCUT2D eigenvalue weighted by Crippen LogP contribution is -2.31. The quantitative estimate of drug-likeness (QED) is 0.332. The van der Waals surface area contributed by atoms with Crippen molar-refractivity contribution in [2.24, 2.45) is 0 Å². The summed E-state index contributed by atoms with van der Waals surface area (Å²) < 4.78 is 0. The molecule has 1 aromatic heterocycles. The fraction of sp³-hybridized carbons (Fsp3) is 0.346. The van der Waals surface area contributed by atoms with Crippen LogP contribution in [-0.4, -0.2) is 61.0 Å². The molecule has 174 valence electrons. The average molecular weight is 464 g/mol. The largest absolute Gasteiger partial charge is 0.357 e. The van der Waals surface area contributed by atoms with Gasteiger partial charge in [0.2, 0.25) is 0 Å². The van der Waals surface area contributed by atoms with Crippen molar-refractivity contribution in [3.63, 3.8) is 0 Å². The number of hydrogen-bond donors (Lipinski definition) is 1. The second-order valence-electron chi connectivity index (χ2n) is 7.98. The number of aromatic nitrogens is 2. The van der Waals surface area contributed by atoms with Crippen molar-refractivity contribution >= 4 is 23.5 Å². The number of carbonyl (C=O) groups excluding carboxylic acids is 1. The van der Waals surface area contributed by atoms with E-state index >= 15 is 0 Å². The van der Waals surface area contributed by atoms with Gasteiger partial charge in [-0.05, 0) is 45.6 Å². The van der Waals surface area contributed by atoms with Crippen LogP contribution < -0.4 is 10.2 Å². The van der Waals surface area contributed by atoms with Crippen LogP contribution in [0.25, 0.3) is 11.3 Å². The molecule has 0 unspecified atom stereocenters. The molecule has 0 saturated carbocycles. The Bertz CT molecular complexity index is 1040. The van der Waals surface area contributed by atoms with Gasteiger partial charge in [0, 0.05) is 49.1 Å². The zero-order chi connectivity index (χ0) is 23.6. The van der Waals surface area contributed by atoms with Crippen LogP contribution in [0.5, 0.6) is 0 Å². The molecule has 0 aliphatic carbocycles. The van der Waals surface area contributed by atoms with E-state index in [4.69, 9.17) is 9.97 Å². The number of carbonyl (C=O) groups is 1. The number of anilines is 1. The maximum Gasteiger partial charge on any atom is 0.251 e. The van der Waals surface area contributed by atoms with E-state index in [2.05, 4.69) is 42.3 Å². The normalized spacial score (nSPS) is 10.9. The molecule has 0 radical (unpaired) electrons. The van der Waals surface area contributed by atoms with Crippen molar-refractivity contribution in [2.45, 2.75) is 24.8 Å². The summed E-state index contributed by atoms with van der Waals surface area (Å²) in [5.41, 5.74) is 3.74. The number of benzene rings is 2. The molecule has 0 bridgehead atoms. The molecule has 2 aromatic carbocycles. The Hall–Kier alpha value is -2.90. The van der Waals surface area contributed by atoms with Crippen LogP contribution in [0.2, 0.25) is 0 Å². The molecule has 0 aliphatic heterocycles. The minimum absolute atomic E-state index is 0.0464. The van der Waals surface area contributed by atoms with E-state index in [9.17, 15) is 4.79 Å². The summed E-state index contributed by atoms with van der Waals surface area (Å²) in [6, 6.07) is 20.0. The van der Waals surface area contributed by atoms with Gasteiger partial charge in [-0.25, -0.2) is 9.97 Å². The van der Waals surface area contributed by atoms with E-state index in [1.165, 1.54) is 0 Å². The Kier molecular flexibility index (Phi) is 9.27. The Morgan fingerprint density at radius 2 is 1.73 bits per heavy atom. The fourth-order valence-electron chi connectivity index (χ4n) is 3.39. The molecule has 1 N–H and O–H groups in total. The van der Waals surface area contributed by atoms with E-state index in [-0.39, 0.29) is 5.91 Å². The second kappa shape index (κ2) is 12.4. The minimum atomic E-state index is -0.0464. The van der Waals surface area contributed by atoms with E-state index in [1.54, 1.807) is 11.8 Å². The number of hydrogen-bond acceptors (Lipinski definition) is 6. The van der Waals surface area contributed by atoms with Crippen LogP contribution in [0, 0.1) is 0 Å². The second-order valence-corrected chi connectivity index (χ2v) is 8.92. The zero-order valence-electron chi connectivity index (χ0n) is 19.9. The lowest BCUT2D eigenvalue weighted by atomic mass is 10.1. The monoisotopic (exact) mass is 463 g/mol. The molecule has 0 fully saturated rings. The maximum atomic E-state index is 12.5. The number of likely N-dealkylation sites (N-methyl/N-ethyl adjacent to an activating group) is 1. The lowest BCUT2D eigenvalue weighted by molar-refractivity contribution is 0.0951. The molecular weight excluding hydrogens is 430 g/mol. The summed E-state index contributed by atoms with van der Waals surface area (Å²) >= 11 is 1.59. The summed E-state index contributed by atoms with van der Waals surface area (Å²) in [6.07, 6.45) is 0. The van der Waals surface area contributed by atoms with Gasteiger partial charge in [-0.15, -0.1) is 0 Å². The minimum Gasteiger partial charge on any atom is -0.357 e. The Morgan fingerprint density at radius 1 is 0.970 bits per heavy atom. The number of rotatable bonds is 11. The van der Waals surface area contributed by atoms with Gasteiger partial charge in [0.05, 0.1) is 5.69 Å². The number of amides is 1. The van der Waals surface area contributed by atoms with Crippen molar-refractivity contribution in [2.75, 3.05) is 45.2 Å². The van der Waals surface area contributed by atoms with E-state index in [0.717, 1.165) is 47.4 Å². The van der Waals surface area contributed by atoms with Gasteiger partial charge >= 0.3 is 0 Å². The van der Waals surface area contributed by atoms with Crippen LogP contribution in [-0.2, 0) is 5.75 Å². The standard InChI is InChI=1S/C26H33N5OS/c1-5-31(6-2)24-18-23(21-12-8-7-9-13-21)28-26(29-24)33-19-20-11-10-14-22(17-20)25(32)27-15-16-30(3)4/h7-14,17-18H,5-6,15-16,19H2,1-4H3,(H,27,32). The maximum absolute atomic E-state index is 12.5. The van der Waals surface area contributed by atoms with Crippen molar-refractivity contribution in [1.29, 1.82) is 0 Å². The molecule has 1 heterocycles. The molecular formula is C26H33N5OS. The predicted octanol–water partition coefficient (Wildman–Crippen LogP) is 4.57. The van der Waals surface area contributed by atoms with Crippen LogP contribution >= 0.6 is 11.8 Å². The molecule has 3 rings (SSSR count). The first-order valence-electron chi connectivity index (χ1n) is 11.3. The summed E-state index contributed by atoms with van der Waals surface area (Å²) in [5.74, 6) is 1.58. The summed E-state index contributed by atoms with van der Waals surface area (Å²) in [4.78, 5) is 26.4. The molecule has 0 atom stereocenters. The van der Waals surface area contributed by atoms with Gasteiger partial charge in [-0.3, -0.25) is 4.79 Å². The highest BCUT2D eigenvalue weighted by Gasteiger charge is 2.12. The SMILES string of the molecule is CCN(CC)c1cc(-c2ccccc2)nc(SCc2cccc(C(=O)NCCN(C)C)c2)n1. The Balaban J connectivity index is 1.76. The highest BCUT2D eigenvalue weighted by Crippen LogP contribution is 2.27. The first-order chi connectivity index (χ1) is 16.0. The van der Waals surface area contributed by atoms with Gasteiger partial charge in [-0.2, -0.15) is 0 Å². The Labute approximate surface area is 201 Å². The Morgan fingerprint density at radius 3 is 2.42 bits per heavy atom. The number of nitrogens with one attached hydrogen (secondary N) is 1. The third-order valence-electron chi connectivity index (χ3n) is 5.25. The van der Waals surface area contributed by atoms with E-state index in [1.807, 2.05) is 61.5 Å². The van der Waals surface area contributed by atoms with Crippen LogP contribution in [0.3, 0.4) is 0 Å². The predicted molar refractivity (Wildman–Crippen MR) is 138 cm³/mol. The van der Waals surface area contributed by atoms with Crippen LogP contribution in [0.4, 0.5) is 5.82 Å². The summed E-state index contributed by atoms with van der Waals surface area (Å²) in [6.45, 7) is 7.48. The van der Waals surface area contributed by atoms with Crippen molar-refractivity contribution in [3.05, 3.63) is 71.8 Å². The van der Waals surface area contributed by atoms with Crippen LogP contribution in [0.15, 0.2) is 65.8 Å². The third-order valence-corrected chi connectivity index (χ3v) is 6.17. The van der Waals surface area contributed by atoms with Crippen molar-refractivity contribution < 1.29 is 4.79 Å². The number of nitrogens with zero attached hydrogens (tertiary/aromatic N) is 4. The number of thioether (sulfide) groups is 1. The smallest absolute Gasteiger partial charge is 0.251 e. The molecule has 0 spiro atoms. The molecule has 33 heavy (non-hydrogen) atoms. The molecule has 0 aliphatic rings. The van der Waals surface area contributed by atoms with E-state index < -0.39 is 0 Å². The summed E-state index contributed by atoms with van der Waals surface area (Å²) in [7, 11) is 3.98. The fourth-order valence-corrected chi connectivity index (χ4v) is 4.19. The van der Waals surface area contributed by atoms with Gasteiger partial charge in [0.25, 0.3) is 5.91 Å². The highest BCUT2D eigenvalue weighted by molar-refractivity contribution is 7.98. The molecule has 1 amide bonds. The topological polar surface area (TPSA) is 61.4 Å². The lowest BCUT2D eigenvalue weighted by Gasteiger charge is -2.21. The molecule has 0 saturated heterocycles. The molecule has 3 aromatic rings. The van der Waals surface area contributed by atoms with Gasteiger partial charge in [0.1, 0.15) is 5.82 Å². The highest BCUT2D eigenvalue weighted by atomic mass is 32.2. The average Bonchev–Trinajstić information content (AvgIpc) is 2.84.